The molecule has 1 aliphatic heterocycles. The highest BCUT2D eigenvalue weighted by atomic mass is 32.2. The zero-order chi connectivity index (χ0) is 14.4. The van der Waals surface area contributed by atoms with Crippen molar-refractivity contribution in [3.63, 3.8) is 0 Å². The molecule has 0 unspecified atom stereocenters. The van der Waals surface area contributed by atoms with Crippen molar-refractivity contribution >= 4 is 15.9 Å². The molecule has 0 atom stereocenters. The Morgan fingerprint density at radius 1 is 1.30 bits per heavy atom. The van der Waals surface area contributed by atoms with Gasteiger partial charge in [-0.15, -0.1) is 0 Å². The van der Waals surface area contributed by atoms with E-state index in [1.54, 1.807) is 6.07 Å². The van der Waals surface area contributed by atoms with Crippen LogP contribution in [-0.2, 0) is 21.6 Å². The average Bonchev–Trinajstić information content (AvgIpc) is 2.47. The summed E-state index contributed by atoms with van der Waals surface area (Å²) in [4.78, 5) is 0. The fourth-order valence-corrected chi connectivity index (χ4v) is 3.32. The van der Waals surface area contributed by atoms with Crippen LogP contribution in [0.15, 0.2) is 24.3 Å². The van der Waals surface area contributed by atoms with Gasteiger partial charge < -0.3 is 10.1 Å². The minimum Gasteiger partial charge on any atom is -0.377 e. The highest BCUT2D eigenvalue weighted by Gasteiger charge is 2.24. The molecular weight excluding hydrogens is 278 g/mol. The lowest BCUT2D eigenvalue weighted by Gasteiger charge is -2.27. The Labute approximate surface area is 120 Å². The SMILES string of the molecule is CCOCc1ccccc1NS(=O)(=O)N1CCNCC1. The first-order chi connectivity index (χ1) is 9.63. The van der Waals surface area contributed by atoms with Gasteiger partial charge in [-0.05, 0) is 13.0 Å². The highest BCUT2D eigenvalue weighted by molar-refractivity contribution is 7.90. The van der Waals surface area contributed by atoms with Crippen molar-refractivity contribution in [3.05, 3.63) is 29.8 Å². The van der Waals surface area contributed by atoms with E-state index in [9.17, 15) is 8.42 Å². The number of para-hydroxylation sites is 1. The number of nitrogens with zero attached hydrogens (tertiary/aromatic N) is 1. The van der Waals surface area contributed by atoms with Crippen molar-refractivity contribution in [1.82, 2.24) is 9.62 Å². The maximum Gasteiger partial charge on any atom is 0.301 e. The molecule has 2 N–H and O–H groups in total. The molecule has 1 saturated heterocycles. The lowest BCUT2D eigenvalue weighted by Crippen LogP contribution is -2.48. The Bertz CT molecular complexity index is 527. The number of nitrogens with one attached hydrogen (secondary N) is 2. The molecule has 1 aromatic rings. The Balaban J connectivity index is 2.11. The van der Waals surface area contributed by atoms with Crippen LogP contribution in [-0.4, -0.2) is 45.5 Å². The average molecular weight is 299 g/mol. The molecule has 1 heterocycles. The number of rotatable bonds is 6. The minimum atomic E-state index is -3.50. The van der Waals surface area contributed by atoms with Crippen LogP contribution in [0.4, 0.5) is 5.69 Å². The van der Waals surface area contributed by atoms with E-state index in [1.165, 1.54) is 4.31 Å². The third-order valence-corrected chi connectivity index (χ3v) is 4.66. The number of ether oxygens (including phenoxy) is 1. The van der Waals surface area contributed by atoms with Crippen LogP contribution < -0.4 is 10.0 Å². The second kappa shape index (κ2) is 7.03. The maximum atomic E-state index is 12.3. The molecule has 20 heavy (non-hydrogen) atoms. The third-order valence-electron chi connectivity index (χ3n) is 3.13. The van der Waals surface area contributed by atoms with Crippen LogP contribution in [0.5, 0.6) is 0 Å². The molecule has 0 bridgehead atoms. The molecule has 1 aromatic carbocycles. The predicted molar refractivity (Wildman–Crippen MR) is 78.8 cm³/mol. The molecule has 0 radical (unpaired) electrons. The normalized spacial score (nSPS) is 17.1. The predicted octanol–water partition coefficient (Wildman–Crippen LogP) is 0.785. The van der Waals surface area contributed by atoms with Crippen molar-refractivity contribution in [2.45, 2.75) is 13.5 Å². The fraction of sp³-hybridized carbons (Fsp3) is 0.538. The molecule has 2 rings (SSSR count). The number of anilines is 1. The molecule has 0 aliphatic carbocycles. The van der Waals surface area contributed by atoms with E-state index < -0.39 is 10.2 Å². The summed E-state index contributed by atoms with van der Waals surface area (Å²) in [6.45, 7) is 5.25. The summed E-state index contributed by atoms with van der Waals surface area (Å²) in [6.07, 6.45) is 0. The molecule has 0 aromatic heterocycles. The van der Waals surface area contributed by atoms with E-state index in [2.05, 4.69) is 10.0 Å². The van der Waals surface area contributed by atoms with Gasteiger partial charge in [-0.3, -0.25) is 4.72 Å². The summed E-state index contributed by atoms with van der Waals surface area (Å²) >= 11 is 0. The van der Waals surface area contributed by atoms with Crippen molar-refractivity contribution in [3.8, 4) is 0 Å². The lowest BCUT2D eigenvalue weighted by atomic mass is 10.2. The summed E-state index contributed by atoms with van der Waals surface area (Å²) in [5, 5.41) is 3.14. The monoisotopic (exact) mass is 299 g/mol. The fourth-order valence-electron chi connectivity index (χ4n) is 2.05. The van der Waals surface area contributed by atoms with Crippen LogP contribution >= 0.6 is 0 Å². The van der Waals surface area contributed by atoms with Gasteiger partial charge in [0.05, 0.1) is 12.3 Å². The Morgan fingerprint density at radius 3 is 2.70 bits per heavy atom. The first-order valence-corrected chi connectivity index (χ1v) is 8.22. The second-order valence-corrected chi connectivity index (χ2v) is 6.22. The van der Waals surface area contributed by atoms with Crippen LogP contribution in [0.2, 0.25) is 0 Å². The Hall–Kier alpha value is -1.15. The summed E-state index contributed by atoms with van der Waals surface area (Å²) in [5.74, 6) is 0. The molecule has 0 amide bonds. The van der Waals surface area contributed by atoms with Crippen LogP contribution in [0.25, 0.3) is 0 Å². The van der Waals surface area contributed by atoms with Crippen molar-refractivity contribution < 1.29 is 13.2 Å². The van der Waals surface area contributed by atoms with E-state index >= 15 is 0 Å². The zero-order valence-electron chi connectivity index (χ0n) is 11.6. The van der Waals surface area contributed by atoms with E-state index in [4.69, 9.17) is 4.74 Å². The molecule has 1 aliphatic rings. The second-order valence-electron chi connectivity index (χ2n) is 4.55. The van der Waals surface area contributed by atoms with E-state index in [1.807, 2.05) is 25.1 Å². The minimum absolute atomic E-state index is 0.400. The molecular formula is C13H21N3O3S. The van der Waals surface area contributed by atoms with Crippen molar-refractivity contribution in [2.24, 2.45) is 0 Å². The van der Waals surface area contributed by atoms with Gasteiger partial charge in [0.15, 0.2) is 0 Å². The summed E-state index contributed by atoms with van der Waals surface area (Å²) < 4.78 is 34.1. The number of hydrogen-bond acceptors (Lipinski definition) is 4. The highest BCUT2D eigenvalue weighted by Crippen LogP contribution is 2.19. The van der Waals surface area contributed by atoms with Gasteiger partial charge >= 0.3 is 10.2 Å². The molecule has 1 fully saturated rings. The Kier molecular flexibility index (Phi) is 5.36. The quantitative estimate of drug-likeness (QED) is 0.814. The van der Waals surface area contributed by atoms with Gasteiger partial charge in [-0.25, -0.2) is 0 Å². The molecule has 6 nitrogen and oxygen atoms in total. The first kappa shape index (κ1) is 15.2. The summed E-state index contributed by atoms with van der Waals surface area (Å²) in [5.41, 5.74) is 1.42. The zero-order valence-corrected chi connectivity index (χ0v) is 12.4. The van der Waals surface area contributed by atoms with Gasteiger partial charge in [-0.1, -0.05) is 18.2 Å². The summed E-state index contributed by atoms with van der Waals surface area (Å²) in [7, 11) is -3.50. The van der Waals surface area contributed by atoms with Gasteiger partial charge in [0.1, 0.15) is 0 Å². The lowest BCUT2D eigenvalue weighted by molar-refractivity contribution is 0.134. The molecule has 0 spiro atoms. The van der Waals surface area contributed by atoms with E-state index in [-0.39, 0.29) is 0 Å². The maximum absolute atomic E-state index is 12.3. The van der Waals surface area contributed by atoms with Crippen LogP contribution in [0.3, 0.4) is 0 Å². The largest absolute Gasteiger partial charge is 0.377 e. The smallest absolute Gasteiger partial charge is 0.301 e. The van der Waals surface area contributed by atoms with Gasteiger partial charge in [0.2, 0.25) is 0 Å². The summed E-state index contributed by atoms with van der Waals surface area (Å²) in [6, 6.07) is 7.31. The van der Waals surface area contributed by atoms with E-state index in [0.717, 1.165) is 5.56 Å². The first-order valence-electron chi connectivity index (χ1n) is 6.77. The van der Waals surface area contributed by atoms with Gasteiger partial charge in [0, 0.05) is 38.3 Å². The standard InChI is InChI=1S/C13H21N3O3S/c1-2-19-11-12-5-3-4-6-13(12)15-20(17,18)16-9-7-14-8-10-16/h3-6,14-15H,2,7-11H2,1H3. The molecule has 7 heteroatoms. The third kappa shape index (κ3) is 3.92. The van der Waals surface area contributed by atoms with Crippen molar-refractivity contribution in [2.75, 3.05) is 37.5 Å². The molecule has 0 saturated carbocycles. The topological polar surface area (TPSA) is 70.7 Å². The van der Waals surface area contributed by atoms with Gasteiger partial charge in [-0.2, -0.15) is 12.7 Å². The van der Waals surface area contributed by atoms with E-state index in [0.29, 0.717) is 45.1 Å². The number of piperazine rings is 1. The Morgan fingerprint density at radius 2 is 2.00 bits per heavy atom. The van der Waals surface area contributed by atoms with Crippen molar-refractivity contribution in [1.29, 1.82) is 0 Å². The van der Waals surface area contributed by atoms with Crippen LogP contribution in [0, 0.1) is 0 Å². The number of benzene rings is 1. The van der Waals surface area contributed by atoms with Crippen LogP contribution in [0.1, 0.15) is 12.5 Å². The van der Waals surface area contributed by atoms with Gasteiger partial charge in [0.25, 0.3) is 0 Å². The number of hydrogen-bond donors (Lipinski definition) is 2. The molecule has 112 valence electrons.